The van der Waals surface area contributed by atoms with E-state index >= 15 is 0 Å². The van der Waals surface area contributed by atoms with Crippen LogP contribution in [0.25, 0.3) is 0 Å². The molecule has 2 aromatic carbocycles. The monoisotopic (exact) mass is 338 g/mol. The molecule has 1 fully saturated rings. The van der Waals surface area contributed by atoms with Crippen molar-refractivity contribution in [3.63, 3.8) is 0 Å². The Bertz CT molecular complexity index is 728. The number of nitrogens with zero attached hydrogens (tertiary/aromatic N) is 1. The van der Waals surface area contributed by atoms with Gasteiger partial charge in [0.25, 0.3) is 5.91 Å². The van der Waals surface area contributed by atoms with Gasteiger partial charge in [-0.1, -0.05) is 18.2 Å². The second-order valence-corrected chi connectivity index (χ2v) is 5.95. The Morgan fingerprint density at radius 1 is 1.16 bits per heavy atom. The molecular weight excluding hydrogens is 316 g/mol. The van der Waals surface area contributed by atoms with Gasteiger partial charge >= 0.3 is 0 Å². The highest BCUT2D eigenvalue weighted by atomic mass is 16.5. The van der Waals surface area contributed by atoms with E-state index in [1.165, 1.54) is 0 Å². The van der Waals surface area contributed by atoms with Gasteiger partial charge < -0.3 is 15.0 Å². The molecule has 1 aliphatic rings. The summed E-state index contributed by atoms with van der Waals surface area (Å²) in [4.78, 5) is 26.9. The Labute approximate surface area is 147 Å². The maximum absolute atomic E-state index is 12.7. The van der Waals surface area contributed by atoms with Crippen LogP contribution in [0.4, 0.5) is 5.69 Å². The Kier molecular flexibility index (Phi) is 5.33. The zero-order valence-corrected chi connectivity index (χ0v) is 14.3. The molecule has 1 saturated heterocycles. The Balaban J connectivity index is 1.67. The first kappa shape index (κ1) is 17.0. The summed E-state index contributed by atoms with van der Waals surface area (Å²) in [6, 6.07) is 16.0. The van der Waals surface area contributed by atoms with Crippen LogP contribution in [-0.2, 0) is 4.79 Å². The van der Waals surface area contributed by atoms with Gasteiger partial charge in [-0.2, -0.15) is 0 Å². The molecule has 25 heavy (non-hydrogen) atoms. The van der Waals surface area contributed by atoms with Crippen LogP contribution in [-0.4, -0.2) is 31.0 Å². The normalized spacial score (nSPS) is 17.2. The third-order valence-electron chi connectivity index (χ3n) is 4.24. The second kappa shape index (κ2) is 7.83. The summed E-state index contributed by atoms with van der Waals surface area (Å²) in [6.45, 7) is 3.17. The third-order valence-corrected chi connectivity index (χ3v) is 4.24. The molecular formula is C20H22N2O3. The first-order chi connectivity index (χ1) is 12.2. The molecule has 3 rings (SSSR count). The lowest BCUT2D eigenvalue weighted by Gasteiger charge is -2.32. The number of amides is 2. The maximum atomic E-state index is 12.7. The van der Waals surface area contributed by atoms with E-state index < -0.39 is 6.04 Å². The number of hydrogen-bond acceptors (Lipinski definition) is 3. The standard InChI is InChI=1S/C20H22N2O3/c1-2-25-17-12-10-15(11-13-17)19(23)21-18-9-6-14-22(20(18)24)16-7-4-3-5-8-16/h3-5,7-8,10-13,18H,2,6,9,14H2,1H3,(H,21,23). The summed E-state index contributed by atoms with van der Waals surface area (Å²) in [7, 11) is 0. The molecule has 0 aliphatic carbocycles. The van der Waals surface area contributed by atoms with E-state index in [-0.39, 0.29) is 11.8 Å². The molecule has 1 unspecified atom stereocenters. The molecule has 130 valence electrons. The molecule has 1 atom stereocenters. The fourth-order valence-corrected chi connectivity index (χ4v) is 2.98. The molecule has 1 heterocycles. The number of piperidine rings is 1. The average molecular weight is 338 g/mol. The van der Waals surface area contributed by atoms with Crippen LogP contribution < -0.4 is 15.0 Å². The van der Waals surface area contributed by atoms with Crippen molar-refractivity contribution in [2.24, 2.45) is 0 Å². The number of benzene rings is 2. The molecule has 2 amide bonds. The number of anilines is 1. The van der Waals surface area contributed by atoms with E-state index in [1.54, 1.807) is 29.2 Å². The van der Waals surface area contributed by atoms with E-state index in [1.807, 2.05) is 37.3 Å². The zero-order chi connectivity index (χ0) is 17.6. The smallest absolute Gasteiger partial charge is 0.251 e. The van der Waals surface area contributed by atoms with Crippen molar-refractivity contribution in [1.82, 2.24) is 5.32 Å². The summed E-state index contributed by atoms with van der Waals surface area (Å²) in [5, 5.41) is 2.87. The molecule has 0 radical (unpaired) electrons. The number of hydrogen-bond donors (Lipinski definition) is 1. The van der Waals surface area contributed by atoms with Crippen molar-refractivity contribution in [2.75, 3.05) is 18.1 Å². The largest absolute Gasteiger partial charge is 0.494 e. The molecule has 5 nitrogen and oxygen atoms in total. The first-order valence-electron chi connectivity index (χ1n) is 8.59. The van der Waals surface area contributed by atoms with Gasteiger partial charge in [0.1, 0.15) is 11.8 Å². The molecule has 0 saturated carbocycles. The number of ether oxygens (including phenoxy) is 1. The van der Waals surface area contributed by atoms with E-state index in [0.717, 1.165) is 17.9 Å². The van der Waals surface area contributed by atoms with Crippen LogP contribution in [0.5, 0.6) is 5.75 Å². The van der Waals surface area contributed by atoms with Gasteiger partial charge in [0.15, 0.2) is 0 Å². The van der Waals surface area contributed by atoms with Crippen LogP contribution in [0.3, 0.4) is 0 Å². The predicted octanol–water partition coefficient (Wildman–Crippen LogP) is 3.01. The summed E-state index contributed by atoms with van der Waals surface area (Å²) in [5.41, 5.74) is 1.39. The molecule has 1 N–H and O–H groups in total. The van der Waals surface area contributed by atoms with Crippen LogP contribution >= 0.6 is 0 Å². The molecule has 5 heteroatoms. The molecule has 2 aromatic rings. The van der Waals surface area contributed by atoms with Crippen molar-refractivity contribution in [1.29, 1.82) is 0 Å². The fourth-order valence-electron chi connectivity index (χ4n) is 2.98. The third kappa shape index (κ3) is 3.99. The number of carbonyl (C=O) groups excluding carboxylic acids is 2. The lowest BCUT2D eigenvalue weighted by Crippen LogP contribution is -2.52. The lowest BCUT2D eigenvalue weighted by molar-refractivity contribution is -0.121. The minimum absolute atomic E-state index is 0.0586. The van der Waals surface area contributed by atoms with Gasteiger partial charge in [0.05, 0.1) is 6.61 Å². The maximum Gasteiger partial charge on any atom is 0.251 e. The Hall–Kier alpha value is -2.82. The van der Waals surface area contributed by atoms with Gasteiger partial charge in [-0.05, 0) is 56.2 Å². The number of carbonyl (C=O) groups is 2. The zero-order valence-electron chi connectivity index (χ0n) is 14.3. The van der Waals surface area contributed by atoms with Crippen molar-refractivity contribution < 1.29 is 14.3 Å². The van der Waals surface area contributed by atoms with Crippen molar-refractivity contribution >= 4 is 17.5 Å². The second-order valence-electron chi connectivity index (χ2n) is 5.95. The molecule has 1 aliphatic heterocycles. The lowest BCUT2D eigenvalue weighted by atomic mass is 10.0. The van der Waals surface area contributed by atoms with Gasteiger partial charge in [0, 0.05) is 17.8 Å². The topological polar surface area (TPSA) is 58.6 Å². The minimum atomic E-state index is -0.493. The van der Waals surface area contributed by atoms with E-state index in [2.05, 4.69) is 5.32 Å². The van der Waals surface area contributed by atoms with Crippen molar-refractivity contribution in [3.05, 3.63) is 60.2 Å². The molecule has 0 spiro atoms. The summed E-state index contributed by atoms with van der Waals surface area (Å²) in [6.07, 6.45) is 1.51. The summed E-state index contributed by atoms with van der Waals surface area (Å²) in [5.74, 6) is 0.427. The Morgan fingerprint density at radius 3 is 2.56 bits per heavy atom. The SMILES string of the molecule is CCOc1ccc(C(=O)NC2CCCN(c3ccccc3)C2=O)cc1. The van der Waals surface area contributed by atoms with E-state index in [4.69, 9.17) is 4.74 Å². The highest BCUT2D eigenvalue weighted by Gasteiger charge is 2.30. The van der Waals surface area contributed by atoms with E-state index in [0.29, 0.717) is 25.1 Å². The van der Waals surface area contributed by atoms with Gasteiger partial charge in [0.2, 0.25) is 5.91 Å². The Morgan fingerprint density at radius 2 is 1.88 bits per heavy atom. The fraction of sp³-hybridized carbons (Fsp3) is 0.300. The summed E-state index contributed by atoms with van der Waals surface area (Å²) < 4.78 is 5.38. The highest BCUT2D eigenvalue weighted by molar-refractivity contribution is 6.02. The van der Waals surface area contributed by atoms with Gasteiger partial charge in [-0.15, -0.1) is 0 Å². The average Bonchev–Trinajstić information content (AvgIpc) is 2.65. The van der Waals surface area contributed by atoms with Gasteiger partial charge in [-0.3, -0.25) is 9.59 Å². The van der Waals surface area contributed by atoms with Crippen LogP contribution in [0.1, 0.15) is 30.1 Å². The van der Waals surface area contributed by atoms with Crippen LogP contribution in [0.15, 0.2) is 54.6 Å². The van der Waals surface area contributed by atoms with Gasteiger partial charge in [-0.25, -0.2) is 0 Å². The first-order valence-corrected chi connectivity index (χ1v) is 8.59. The number of para-hydroxylation sites is 1. The number of nitrogens with one attached hydrogen (secondary N) is 1. The van der Waals surface area contributed by atoms with Crippen molar-refractivity contribution in [2.45, 2.75) is 25.8 Å². The highest BCUT2D eigenvalue weighted by Crippen LogP contribution is 2.21. The quantitative estimate of drug-likeness (QED) is 0.912. The number of rotatable bonds is 5. The summed E-state index contributed by atoms with van der Waals surface area (Å²) >= 11 is 0. The van der Waals surface area contributed by atoms with Crippen LogP contribution in [0, 0.1) is 0 Å². The molecule has 0 bridgehead atoms. The minimum Gasteiger partial charge on any atom is -0.494 e. The molecule has 0 aromatic heterocycles. The predicted molar refractivity (Wildman–Crippen MR) is 96.9 cm³/mol. The van der Waals surface area contributed by atoms with Crippen LogP contribution in [0.2, 0.25) is 0 Å². The van der Waals surface area contributed by atoms with Crippen molar-refractivity contribution in [3.8, 4) is 5.75 Å². The van der Waals surface area contributed by atoms with E-state index in [9.17, 15) is 9.59 Å².